The van der Waals surface area contributed by atoms with Crippen LogP contribution in [0.4, 0.5) is 0 Å². The molecule has 1 aliphatic rings. The molecule has 0 bridgehead atoms. The summed E-state index contributed by atoms with van der Waals surface area (Å²) in [5.41, 5.74) is 9.94. The van der Waals surface area contributed by atoms with E-state index >= 15 is 0 Å². The van der Waals surface area contributed by atoms with Gasteiger partial charge in [-0.25, -0.2) is 9.97 Å². The van der Waals surface area contributed by atoms with Gasteiger partial charge in [-0.15, -0.1) is 0 Å². The van der Waals surface area contributed by atoms with E-state index in [-0.39, 0.29) is 18.3 Å². The molecular weight excluding hydrogens is 903 g/mol. The first-order valence-electron chi connectivity index (χ1n) is 22.8. The van der Waals surface area contributed by atoms with Gasteiger partial charge in [0.05, 0.1) is 44.3 Å². The maximum absolute atomic E-state index is 6.26. The topological polar surface area (TPSA) is 79.9 Å². The average molecular weight is 950 g/mol. The van der Waals surface area contributed by atoms with Crippen LogP contribution >= 0.6 is 15.9 Å². The number of imidazole rings is 2. The van der Waals surface area contributed by atoms with Crippen molar-refractivity contribution >= 4 is 93.9 Å². The molecule has 0 saturated carbocycles. The van der Waals surface area contributed by atoms with Crippen LogP contribution in [-0.2, 0) is 9.31 Å². The minimum atomic E-state index is -0.366. The summed E-state index contributed by atoms with van der Waals surface area (Å²) in [6.45, 7) is 8.32. The predicted octanol–water partition coefficient (Wildman–Crippen LogP) is 13.9. The lowest BCUT2D eigenvalue weighted by atomic mass is 9.75. The van der Waals surface area contributed by atoms with E-state index in [0.717, 1.165) is 98.4 Å². The molecule has 4 aromatic heterocycles. The summed E-state index contributed by atoms with van der Waals surface area (Å²) >= 11 is 3.50. The Kier molecular flexibility index (Phi) is 11.2. The predicted molar refractivity (Wildman–Crippen MR) is 283 cm³/mol. The highest BCUT2D eigenvalue weighted by Gasteiger charge is 2.52. The fraction of sp³-hybridized carbons (Fsp3) is 0.103. The third-order valence-electron chi connectivity index (χ3n) is 13.1. The van der Waals surface area contributed by atoms with E-state index in [2.05, 4.69) is 189 Å². The van der Waals surface area contributed by atoms with Crippen molar-refractivity contribution in [1.29, 1.82) is 0 Å². The monoisotopic (exact) mass is 948 g/mol. The molecule has 1 fully saturated rings. The number of pyridine rings is 2. The van der Waals surface area contributed by atoms with Crippen molar-refractivity contribution in [2.75, 3.05) is 0 Å². The Balaban J connectivity index is 0.000000117. The first-order valence-corrected chi connectivity index (χ1v) is 23.5. The molecule has 8 nitrogen and oxygen atoms in total. The minimum Gasteiger partial charge on any atom is -0.399 e. The molecule has 68 heavy (non-hydrogen) atoms. The number of hydrogen-bond donors (Lipinski definition) is 0. The molecule has 12 aromatic rings. The molecule has 330 valence electrons. The van der Waals surface area contributed by atoms with Gasteiger partial charge in [-0.2, -0.15) is 0 Å². The summed E-state index contributed by atoms with van der Waals surface area (Å²) in [5.74, 6) is 0.943. The van der Waals surface area contributed by atoms with Gasteiger partial charge in [-0.05, 0) is 121 Å². The van der Waals surface area contributed by atoms with Crippen LogP contribution in [0.2, 0.25) is 0 Å². The zero-order chi connectivity index (χ0) is 46.4. The molecule has 13 rings (SSSR count). The van der Waals surface area contributed by atoms with Crippen molar-refractivity contribution in [3.63, 3.8) is 0 Å². The summed E-state index contributed by atoms with van der Waals surface area (Å²) in [6, 6.07) is 66.3. The van der Waals surface area contributed by atoms with Crippen molar-refractivity contribution in [2.45, 2.75) is 38.9 Å². The van der Waals surface area contributed by atoms with Crippen molar-refractivity contribution in [3.8, 4) is 22.8 Å². The number of hydrogen-bond acceptors (Lipinski definition) is 6. The fourth-order valence-corrected chi connectivity index (χ4v) is 9.66. The highest BCUT2D eigenvalue weighted by atomic mass is 79.9. The van der Waals surface area contributed by atoms with E-state index in [1.165, 1.54) is 0 Å². The first kappa shape index (κ1) is 43.1. The van der Waals surface area contributed by atoms with Crippen LogP contribution < -0.4 is 5.46 Å². The third-order valence-corrected chi connectivity index (χ3v) is 13.7. The van der Waals surface area contributed by atoms with E-state index in [4.69, 9.17) is 14.3 Å². The number of aromatic nitrogens is 6. The standard InChI is InChI=1S/C26H17N3.C19H20BNO2.C13H9BrN2/c1-2-9-19(10-3-1)29-24-14-5-4-13-23(24)28-26(29)22-12-6-11-21-20(22)16-15-18-8-7-17-27-25(18)21;1-18(2)19(3,4)23-20(22-18)16-12-13-8-7-11-21-17(13)15-10-6-5-9-14(15)16;14-13-15-11-8-4-5-9-12(11)16(13)10-6-2-1-3-7-10/h1-17H;5-12H,1-4H3;1-9H. The first-order chi connectivity index (χ1) is 33.1. The molecule has 0 unspecified atom stereocenters. The van der Waals surface area contributed by atoms with Crippen molar-refractivity contribution in [2.24, 2.45) is 0 Å². The van der Waals surface area contributed by atoms with Gasteiger partial charge in [-0.1, -0.05) is 133 Å². The van der Waals surface area contributed by atoms with Crippen LogP contribution in [0.5, 0.6) is 0 Å². The molecular formula is C58H46BBrN6O2. The Labute approximate surface area is 403 Å². The van der Waals surface area contributed by atoms with Crippen LogP contribution in [0.25, 0.3) is 88.2 Å². The van der Waals surface area contributed by atoms with Crippen molar-refractivity contribution in [1.82, 2.24) is 29.1 Å². The normalized spacial score (nSPS) is 14.0. The quantitative estimate of drug-likeness (QED) is 0.129. The molecule has 8 aromatic carbocycles. The van der Waals surface area contributed by atoms with Gasteiger partial charge in [0.25, 0.3) is 0 Å². The van der Waals surface area contributed by atoms with Gasteiger partial charge in [0.1, 0.15) is 5.82 Å². The molecule has 0 N–H and O–H groups in total. The second-order valence-corrected chi connectivity index (χ2v) is 18.6. The number of benzene rings is 8. The van der Waals surface area contributed by atoms with Crippen LogP contribution in [0, 0.1) is 0 Å². The van der Waals surface area contributed by atoms with Gasteiger partial charge in [0.2, 0.25) is 0 Å². The lowest BCUT2D eigenvalue weighted by Gasteiger charge is -2.32. The van der Waals surface area contributed by atoms with Gasteiger partial charge in [-0.3, -0.25) is 19.1 Å². The van der Waals surface area contributed by atoms with Gasteiger partial charge < -0.3 is 9.31 Å². The van der Waals surface area contributed by atoms with Gasteiger partial charge in [0.15, 0.2) is 4.73 Å². The molecule has 0 amide bonds. The zero-order valence-corrected chi connectivity index (χ0v) is 39.7. The van der Waals surface area contributed by atoms with Crippen molar-refractivity contribution in [3.05, 3.63) is 211 Å². The van der Waals surface area contributed by atoms with Gasteiger partial charge >= 0.3 is 7.12 Å². The number of nitrogens with zero attached hydrogens (tertiary/aromatic N) is 6. The number of fused-ring (bicyclic) bond motifs is 8. The Hall–Kier alpha value is -7.50. The van der Waals surface area contributed by atoms with E-state index in [1.54, 1.807) is 0 Å². The highest BCUT2D eigenvalue weighted by molar-refractivity contribution is 9.10. The lowest BCUT2D eigenvalue weighted by molar-refractivity contribution is 0.00578. The second kappa shape index (κ2) is 17.6. The maximum atomic E-state index is 6.26. The van der Waals surface area contributed by atoms with E-state index < -0.39 is 0 Å². The molecule has 10 heteroatoms. The molecule has 0 radical (unpaired) electrons. The second-order valence-electron chi connectivity index (χ2n) is 17.9. The smallest absolute Gasteiger partial charge is 0.399 e. The summed E-state index contributed by atoms with van der Waals surface area (Å²) in [4.78, 5) is 18.7. The molecule has 0 aliphatic carbocycles. The Morgan fingerprint density at radius 1 is 0.456 bits per heavy atom. The molecule has 0 atom stereocenters. The Morgan fingerprint density at radius 3 is 1.65 bits per heavy atom. The Bertz CT molecular complexity index is 3780. The third kappa shape index (κ3) is 7.80. The SMILES string of the molecule is Brc1nc2ccccc2n1-c1ccccc1.CC1(C)OB(c2cc3cccnc3c3ccccc23)OC1(C)C.c1ccc(-n2c(-c3cccc4c3ccc3cccnc34)nc3ccccc32)cc1. The van der Waals surface area contributed by atoms with Crippen LogP contribution in [0.3, 0.4) is 0 Å². The van der Waals surface area contributed by atoms with Crippen LogP contribution in [0.15, 0.2) is 211 Å². The maximum Gasteiger partial charge on any atom is 0.495 e. The average Bonchev–Trinajstić information content (AvgIpc) is 4.00. The van der Waals surface area contributed by atoms with Gasteiger partial charge in [0, 0.05) is 50.9 Å². The molecule has 0 spiro atoms. The van der Waals surface area contributed by atoms with Crippen LogP contribution in [0.1, 0.15) is 27.7 Å². The lowest BCUT2D eigenvalue weighted by Crippen LogP contribution is -2.41. The largest absolute Gasteiger partial charge is 0.495 e. The van der Waals surface area contributed by atoms with Crippen LogP contribution in [-0.4, -0.2) is 47.4 Å². The molecule has 1 aliphatic heterocycles. The summed E-state index contributed by atoms with van der Waals surface area (Å²) in [5, 5.41) is 6.83. The van der Waals surface area contributed by atoms with E-state index in [9.17, 15) is 0 Å². The fourth-order valence-electron chi connectivity index (χ4n) is 9.07. The summed E-state index contributed by atoms with van der Waals surface area (Å²) in [6.07, 6.45) is 3.69. The van der Waals surface area contributed by atoms with Crippen molar-refractivity contribution < 1.29 is 9.31 Å². The molecule has 5 heterocycles. The van der Waals surface area contributed by atoms with E-state index in [1.807, 2.05) is 85.2 Å². The molecule has 1 saturated heterocycles. The van der Waals surface area contributed by atoms with E-state index in [0.29, 0.717) is 0 Å². The zero-order valence-electron chi connectivity index (χ0n) is 38.1. The number of halogens is 1. The summed E-state index contributed by atoms with van der Waals surface area (Å²) in [7, 11) is -0.366. The number of para-hydroxylation sites is 6. The summed E-state index contributed by atoms with van der Waals surface area (Å²) < 4.78 is 17.7. The minimum absolute atomic E-state index is 0.345. The highest BCUT2D eigenvalue weighted by Crippen LogP contribution is 2.38. The number of rotatable bonds is 4. The Morgan fingerprint density at radius 2 is 0.971 bits per heavy atom.